The van der Waals surface area contributed by atoms with Crippen molar-refractivity contribution < 1.29 is 9.59 Å². The molecule has 0 spiro atoms. The van der Waals surface area contributed by atoms with Gasteiger partial charge in [-0.2, -0.15) is 5.10 Å². The molecule has 1 saturated carbocycles. The van der Waals surface area contributed by atoms with E-state index in [1.807, 2.05) is 12.1 Å². The first-order valence-electron chi connectivity index (χ1n) is 12.7. The zero-order chi connectivity index (χ0) is 25.6. The molecule has 1 heterocycles. The molecule has 0 saturated heterocycles. The Balaban J connectivity index is 1.76. The lowest BCUT2D eigenvalue weighted by Crippen LogP contribution is -2.39. The number of anilines is 1. The second-order valence-corrected chi connectivity index (χ2v) is 11.4. The van der Waals surface area contributed by atoms with E-state index in [0.717, 1.165) is 25.0 Å². The molecular weight excluding hydrogens is 483 g/mol. The van der Waals surface area contributed by atoms with Gasteiger partial charge in [-0.3, -0.25) is 9.59 Å². The molecule has 2 amide bonds. The first kappa shape index (κ1) is 27.5. The summed E-state index contributed by atoms with van der Waals surface area (Å²) in [5.41, 5.74) is 1.31. The average Bonchev–Trinajstić information content (AvgIpc) is 3.47. The van der Waals surface area contributed by atoms with E-state index in [-0.39, 0.29) is 23.8 Å². The Morgan fingerprint density at radius 1 is 1.14 bits per heavy atom. The van der Waals surface area contributed by atoms with Gasteiger partial charge in [0.05, 0.1) is 28.0 Å². The Morgan fingerprint density at radius 3 is 2.49 bits per heavy atom. The highest BCUT2D eigenvalue weighted by molar-refractivity contribution is 6.42. The van der Waals surface area contributed by atoms with E-state index in [0.29, 0.717) is 40.4 Å². The highest BCUT2D eigenvalue weighted by Crippen LogP contribution is 2.30. The Morgan fingerprint density at radius 2 is 1.86 bits per heavy atom. The van der Waals surface area contributed by atoms with Crippen LogP contribution in [0.25, 0.3) is 5.69 Å². The van der Waals surface area contributed by atoms with Crippen molar-refractivity contribution >= 4 is 40.8 Å². The lowest BCUT2D eigenvalue weighted by molar-refractivity contribution is -0.135. The van der Waals surface area contributed by atoms with Crippen LogP contribution in [0.2, 0.25) is 10.0 Å². The number of carbonyl (C=O) groups is 2. The molecule has 1 fully saturated rings. The topological polar surface area (TPSA) is 67.2 Å². The maximum absolute atomic E-state index is 13.1. The Hall–Kier alpha value is -2.05. The number of hydrogen-bond acceptors (Lipinski definition) is 3. The van der Waals surface area contributed by atoms with Gasteiger partial charge in [0.2, 0.25) is 11.8 Å². The minimum absolute atomic E-state index is 0.0287. The molecule has 0 aliphatic heterocycles. The lowest BCUT2D eigenvalue weighted by Gasteiger charge is -2.23. The summed E-state index contributed by atoms with van der Waals surface area (Å²) >= 11 is 12.3. The van der Waals surface area contributed by atoms with Gasteiger partial charge in [-0.15, -0.1) is 0 Å². The van der Waals surface area contributed by atoms with E-state index in [1.54, 1.807) is 21.7 Å². The van der Waals surface area contributed by atoms with Crippen LogP contribution >= 0.6 is 23.2 Å². The van der Waals surface area contributed by atoms with E-state index < -0.39 is 0 Å². The summed E-state index contributed by atoms with van der Waals surface area (Å²) in [5.74, 6) is 1.01. The molecular formula is C27H38Cl2N4O2. The van der Waals surface area contributed by atoms with Crippen molar-refractivity contribution in [2.24, 2.45) is 5.92 Å². The summed E-state index contributed by atoms with van der Waals surface area (Å²) in [4.78, 5) is 27.8. The van der Waals surface area contributed by atoms with E-state index in [9.17, 15) is 9.59 Å². The second-order valence-electron chi connectivity index (χ2n) is 10.6. The van der Waals surface area contributed by atoms with Crippen LogP contribution in [0.15, 0.2) is 24.3 Å². The third-order valence-electron chi connectivity index (χ3n) is 6.60. The van der Waals surface area contributed by atoms with Gasteiger partial charge in [-0.25, -0.2) is 4.68 Å². The molecule has 1 aromatic heterocycles. The highest BCUT2D eigenvalue weighted by atomic mass is 35.5. The Bertz CT molecular complexity index is 1020. The number of aromatic nitrogens is 2. The maximum Gasteiger partial charge on any atom is 0.245 e. The van der Waals surface area contributed by atoms with Crippen molar-refractivity contribution in [3.63, 3.8) is 0 Å². The average molecular weight is 522 g/mol. The molecule has 1 N–H and O–H groups in total. The van der Waals surface area contributed by atoms with Crippen LogP contribution in [0.5, 0.6) is 0 Å². The lowest BCUT2D eigenvalue weighted by atomic mass is 9.92. The SMILES string of the molecule is CCCCN(CC(=O)Nc1cc(C(C)(C)C)nn1-c1ccc(Cl)c(Cl)c1)C(=O)CCC1CCCC1. The predicted molar refractivity (Wildman–Crippen MR) is 144 cm³/mol. The van der Waals surface area contributed by atoms with Gasteiger partial charge in [0, 0.05) is 24.4 Å². The van der Waals surface area contributed by atoms with Crippen molar-refractivity contribution in [3.05, 3.63) is 40.0 Å². The number of unbranched alkanes of at least 4 members (excludes halogenated alkanes) is 1. The summed E-state index contributed by atoms with van der Waals surface area (Å²) in [6, 6.07) is 7.11. The molecule has 2 aromatic rings. The fraction of sp³-hybridized carbons (Fsp3) is 0.593. The minimum atomic E-state index is -0.239. The molecule has 0 radical (unpaired) electrons. The molecule has 6 nitrogen and oxygen atoms in total. The maximum atomic E-state index is 13.1. The molecule has 0 bridgehead atoms. The van der Waals surface area contributed by atoms with Gasteiger partial charge >= 0.3 is 0 Å². The van der Waals surface area contributed by atoms with E-state index in [2.05, 4.69) is 33.0 Å². The number of halogens is 2. The molecule has 3 rings (SSSR count). The molecule has 192 valence electrons. The van der Waals surface area contributed by atoms with Crippen LogP contribution in [0, 0.1) is 5.92 Å². The minimum Gasteiger partial charge on any atom is -0.333 e. The number of nitrogens with one attached hydrogen (secondary N) is 1. The van der Waals surface area contributed by atoms with Gasteiger partial charge < -0.3 is 10.2 Å². The van der Waals surface area contributed by atoms with Crippen molar-refractivity contribution in [1.29, 1.82) is 0 Å². The fourth-order valence-corrected chi connectivity index (χ4v) is 4.72. The summed E-state index contributed by atoms with van der Waals surface area (Å²) in [6.07, 6.45) is 8.24. The Kier molecular flexibility index (Phi) is 9.65. The fourth-order valence-electron chi connectivity index (χ4n) is 4.43. The molecule has 35 heavy (non-hydrogen) atoms. The third-order valence-corrected chi connectivity index (χ3v) is 7.34. The van der Waals surface area contributed by atoms with Crippen molar-refractivity contribution in [1.82, 2.24) is 14.7 Å². The number of rotatable bonds is 10. The number of hydrogen-bond donors (Lipinski definition) is 1. The zero-order valence-electron chi connectivity index (χ0n) is 21.4. The summed E-state index contributed by atoms with van der Waals surface area (Å²) in [5, 5.41) is 8.58. The molecule has 1 aliphatic rings. The third kappa shape index (κ3) is 7.71. The standard InChI is InChI=1S/C27H38Cl2N4O2/c1-5-6-15-32(26(35)14-11-19-9-7-8-10-19)18-25(34)30-24-17-23(27(2,3)4)31-33(24)20-12-13-21(28)22(29)16-20/h12-13,16-17,19H,5-11,14-15,18H2,1-4H3,(H,30,34). The molecule has 1 aromatic carbocycles. The first-order chi connectivity index (χ1) is 16.6. The molecule has 0 atom stereocenters. The normalized spacial score (nSPS) is 14.3. The summed E-state index contributed by atoms with van der Waals surface area (Å²) in [7, 11) is 0. The predicted octanol–water partition coefficient (Wildman–Crippen LogP) is 7.01. The van der Waals surface area contributed by atoms with Crippen molar-refractivity contribution in [2.45, 2.75) is 84.5 Å². The van der Waals surface area contributed by atoms with Crippen LogP contribution in [0.3, 0.4) is 0 Å². The van der Waals surface area contributed by atoms with Gasteiger partial charge in [0.1, 0.15) is 5.82 Å². The zero-order valence-corrected chi connectivity index (χ0v) is 22.9. The summed E-state index contributed by atoms with van der Waals surface area (Å²) in [6.45, 7) is 8.90. The van der Waals surface area contributed by atoms with E-state index >= 15 is 0 Å². The van der Waals surface area contributed by atoms with Crippen LogP contribution in [-0.2, 0) is 15.0 Å². The van der Waals surface area contributed by atoms with Gasteiger partial charge in [0.15, 0.2) is 0 Å². The van der Waals surface area contributed by atoms with E-state index in [4.69, 9.17) is 28.3 Å². The Labute approximate surface area is 219 Å². The van der Waals surface area contributed by atoms with Crippen LogP contribution in [0.1, 0.15) is 84.8 Å². The monoisotopic (exact) mass is 520 g/mol. The van der Waals surface area contributed by atoms with E-state index in [1.165, 1.54) is 25.7 Å². The largest absolute Gasteiger partial charge is 0.333 e. The smallest absolute Gasteiger partial charge is 0.245 e. The van der Waals surface area contributed by atoms with Gasteiger partial charge in [0.25, 0.3) is 0 Å². The number of carbonyl (C=O) groups excluding carboxylic acids is 2. The molecule has 1 aliphatic carbocycles. The van der Waals surface area contributed by atoms with Gasteiger partial charge in [-0.1, -0.05) is 83.0 Å². The number of benzene rings is 1. The van der Waals surface area contributed by atoms with Crippen LogP contribution in [0.4, 0.5) is 5.82 Å². The first-order valence-corrected chi connectivity index (χ1v) is 13.5. The summed E-state index contributed by atoms with van der Waals surface area (Å²) < 4.78 is 1.67. The molecule has 0 unspecified atom stereocenters. The quantitative estimate of drug-likeness (QED) is 0.366. The molecule has 8 heteroatoms. The number of nitrogens with zero attached hydrogens (tertiary/aromatic N) is 3. The van der Waals surface area contributed by atoms with Crippen molar-refractivity contribution in [3.8, 4) is 5.69 Å². The second kappa shape index (κ2) is 12.3. The number of amides is 2. The van der Waals surface area contributed by atoms with Crippen LogP contribution in [-0.4, -0.2) is 39.6 Å². The van der Waals surface area contributed by atoms with Crippen molar-refractivity contribution in [2.75, 3.05) is 18.4 Å². The highest BCUT2D eigenvalue weighted by Gasteiger charge is 2.24. The van der Waals surface area contributed by atoms with Gasteiger partial charge in [-0.05, 0) is 37.0 Å². The van der Waals surface area contributed by atoms with Crippen LogP contribution < -0.4 is 5.32 Å².